The highest BCUT2D eigenvalue weighted by Crippen LogP contribution is 2.27. The molecule has 0 aliphatic rings. The van der Waals surface area contributed by atoms with Gasteiger partial charge in [0.05, 0.1) is 22.8 Å². The van der Waals surface area contributed by atoms with Gasteiger partial charge in [-0.3, -0.25) is 14.4 Å². The third kappa shape index (κ3) is 9.11. The molecule has 46 heavy (non-hydrogen) atoms. The molecule has 11 heteroatoms. The Labute approximate surface area is 271 Å². The SMILES string of the molecule is CNCCN(C)Cc1cccc(-c2cc(C(=O)NCCCCCC(=O)NCc3c(C)cc(C)[nH]c3=O)c3cnn(C(C)C)c3n2)c1. The van der Waals surface area contributed by atoms with Crippen molar-refractivity contribution in [3.05, 3.63) is 80.9 Å². The zero-order valence-electron chi connectivity index (χ0n) is 28.0. The van der Waals surface area contributed by atoms with Crippen LogP contribution in [-0.2, 0) is 17.9 Å². The van der Waals surface area contributed by atoms with E-state index in [1.54, 1.807) is 6.20 Å². The minimum Gasteiger partial charge on any atom is -0.352 e. The van der Waals surface area contributed by atoms with Crippen LogP contribution in [0.25, 0.3) is 22.3 Å². The highest BCUT2D eigenvalue weighted by Gasteiger charge is 2.19. The molecule has 0 spiro atoms. The van der Waals surface area contributed by atoms with E-state index < -0.39 is 0 Å². The maximum Gasteiger partial charge on any atom is 0.253 e. The second-order valence-electron chi connectivity index (χ2n) is 12.3. The van der Waals surface area contributed by atoms with Crippen LogP contribution < -0.4 is 21.5 Å². The molecule has 0 unspecified atom stereocenters. The second-order valence-corrected chi connectivity index (χ2v) is 12.3. The number of nitrogens with zero attached hydrogens (tertiary/aromatic N) is 4. The van der Waals surface area contributed by atoms with Crippen molar-refractivity contribution in [1.82, 2.24) is 40.6 Å². The number of fused-ring (bicyclic) bond motifs is 1. The number of likely N-dealkylation sites (N-methyl/N-ethyl adjacent to an activating group) is 2. The monoisotopic (exact) mass is 628 g/mol. The molecule has 0 radical (unpaired) electrons. The number of carbonyl (C=O) groups is 2. The van der Waals surface area contributed by atoms with Crippen molar-refractivity contribution in [3.63, 3.8) is 0 Å². The van der Waals surface area contributed by atoms with E-state index in [1.807, 2.05) is 63.7 Å². The number of aromatic amines is 1. The Morgan fingerprint density at radius 1 is 1.04 bits per heavy atom. The van der Waals surface area contributed by atoms with Crippen LogP contribution in [0.3, 0.4) is 0 Å². The fourth-order valence-electron chi connectivity index (χ4n) is 5.52. The lowest BCUT2D eigenvalue weighted by atomic mass is 10.0. The molecular weight excluding hydrogens is 580 g/mol. The summed E-state index contributed by atoms with van der Waals surface area (Å²) in [6.07, 6.45) is 4.31. The van der Waals surface area contributed by atoms with Crippen LogP contribution >= 0.6 is 0 Å². The number of aryl methyl sites for hydroxylation is 2. The van der Waals surface area contributed by atoms with Crippen molar-refractivity contribution in [2.45, 2.75) is 72.5 Å². The maximum atomic E-state index is 13.5. The maximum absolute atomic E-state index is 13.5. The summed E-state index contributed by atoms with van der Waals surface area (Å²) >= 11 is 0. The summed E-state index contributed by atoms with van der Waals surface area (Å²) < 4.78 is 1.85. The molecule has 0 saturated heterocycles. The molecule has 0 aliphatic heterocycles. The summed E-state index contributed by atoms with van der Waals surface area (Å²) in [5.74, 6) is -0.262. The van der Waals surface area contributed by atoms with Crippen LogP contribution in [0.2, 0.25) is 0 Å². The predicted molar refractivity (Wildman–Crippen MR) is 183 cm³/mol. The number of carbonyl (C=O) groups excluding carboxylic acids is 2. The van der Waals surface area contributed by atoms with Gasteiger partial charge in [-0.05, 0) is 84.0 Å². The molecule has 11 nitrogen and oxygen atoms in total. The summed E-state index contributed by atoms with van der Waals surface area (Å²) in [5.41, 5.74) is 6.16. The number of hydrogen-bond donors (Lipinski definition) is 4. The third-order valence-electron chi connectivity index (χ3n) is 8.04. The fraction of sp³-hybridized carbons (Fsp3) is 0.457. The number of amides is 2. The van der Waals surface area contributed by atoms with E-state index in [4.69, 9.17) is 4.98 Å². The molecule has 0 atom stereocenters. The molecule has 4 rings (SSSR count). The Morgan fingerprint density at radius 3 is 2.59 bits per heavy atom. The zero-order valence-corrected chi connectivity index (χ0v) is 28.0. The Hall–Kier alpha value is -4.35. The summed E-state index contributed by atoms with van der Waals surface area (Å²) in [5, 5.41) is 14.4. The number of rotatable bonds is 16. The smallest absolute Gasteiger partial charge is 0.253 e. The largest absolute Gasteiger partial charge is 0.352 e. The van der Waals surface area contributed by atoms with Crippen LogP contribution in [0.5, 0.6) is 0 Å². The molecule has 0 saturated carbocycles. The van der Waals surface area contributed by atoms with Crippen LogP contribution in [0, 0.1) is 13.8 Å². The molecular formula is C35H48N8O3. The normalized spacial score (nSPS) is 11.5. The number of benzene rings is 1. The van der Waals surface area contributed by atoms with Gasteiger partial charge in [-0.15, -0.1) is 0 Å². The molecule has 246 valence electrons. The first-order valence-corrected chi connectivity index (χ1v) is 16.1. The van der Waals surface area contributed by atoms with Crippen LogP contribution in [0.1, 0.15) is 78.3 Å². The summed E-state index contributed by atoms with van der Waals surface area (Å²) in [7, 11) is 4.05. The first-order valence-electron chi connectivity index (χ1n) is 16.1. The van der Waals surface area contributed by atoms with Crippen molar-refractivity contribution in [1.29, 1.82) is 0 Å². The Bertz CT molecular complexity index is 1710. The molecule has 0 aliphatic carbocycles. The van der Waals surface area contributed by atoms with E-state index in [2.05, 4.69) is 50.1 Å². The number of aromatic nitrogens is 4. The lowest BCUT2D eigenvalue weighted by Gasteiger charge is -2.17. The first kappa shape index (κ1) is 34.5. The van der Waals surface area contributed by atoms with E-state index in [0.717, 1.165) is 60.4 Å². The van der Waals surface area contributed by atoms with Crippen molar-refractivity contribution in [3.8, 4) is 11.3 Å². The minimum atomic E-state index is -0.170. The van der Waals surface area contributed by atoms with Crippen LogP contribution in [0.15, 0.2) is 47.4 Å². The van der Waals surface area contributed by atoms with Gasteiger partial charge in [-0.1, -0.05) is 24.6 Å². The Balaban J connectivity index is 1.36. The van der Waals surface area contributed by atoms with Gasteiger partial charge in [0.2, 0.25) is 5.91 Å². The van der Waals surface area contributed by atoms with Gasteiger partial charge in [0.25, 0.3) is 11.5 Å². The van der Waals surface area contributed by atoms with E-state index in [9.17, 15) is 14.4 Å². The molecule has 3 heterocycles. The Morgan fingerprint density at radius 2 is 1.85 bits per heavy atom. The van der Waals surface area contributed by atoms with Gasteiger partial charge in [0.1, 0.15) is 0 Å². The first-order chi connectivity index (χ1) is 22.1. The van der Waals surface area contributed by atoms with E-state index in [-0.39, 0.29) is 30.0 Å². The Kier molecular flexibility index (Phi) is 12.2. The van der Waals surface area contributed by atoms with Crippen LogP contribution in [-0.4, -0.2) is 70.2 Å². The van der Waals surface area contributed by atoms with Gasteiger partial charge < -0.3 is 25.8 Å². The second kappa shape index (κ2) is 16.3. The standard InChI is InChI=1S/C35H48N8O3/c1-23(2)43-33-30(21-39-43)28(19-31(41-33)27-12-10-11-26(18-27)22-42(6)16-15-36-5)34(45)37-14-9-7-8-13-32(44)38-20-29-24(3)17-25(4)40-35(29)46/h10-12,17-19,21,23,36H,7-9,13-16,20,22H2,1-6H3,(H,37,45)(H,38,44)(H,40,46). The van der Waals surface area contributed by atoms with Gasteiger partial charge in [-0.2, -0.15) is 5.10 Å². The average Bonchev–Trinajstić information content (AvgIpc) is 3.45. The quantitative estimate of drug-likeness (QED) is 0.136. The number of pyridine rings is 2. The van der Waals surface area contributed by atoms with Crippen molar-refractivity contribution in [2.75, 3.05) is 33.7 Å². The number of nitrogens with one attached hydrogen (secondary N) is 4. The van der Waals surface area contributed by atoms with Crippen molar-refractivity contribution >= 4 is 22.8 Å². The highest BCUT2D eigenvalue weighted by atomic mass is 16.2. The highest BCUT2D eigenvalue weighted by molar-refractivity contribution is 6.06. The lowest BCUT2D eigenvalue weighted by Crippen LogP contribution is -2.27. The van der Waals surface area contributed by atoms with Crippen molar-refractivity contribution in [2.24, 2.45) is 0 Å². The van der Waals surface area contributed by atoms with E-state index in [1.165, 1.54) is 5.56 Å². The number of unbranched alkanes of at least 4 members (excludes halogenated alkanes) is 2. The van der Waals surface area contributed by atoms with Gasteiger partial charge >= 0.3 is 0 Å². The minimum absolute atomic E-state index is 0.0853. The van der Waals surface area contributed by atoms with E-state index >= 15 is 0 Å². The van der Waals surface area contributed by atoms with Crippen molar-refractivity contribution < 1.29 is 9.59 Å². The molecule has 4 N–H and O–H groups in total. The molecule has 0 bridgehead atoms. The summed E-state index contributed by atoms with van der Waals surface area (Å²) in [6.45, 7) is 11.2. The molecule has 4 aromatic rings. The third-order valence-corrected chi connectivity index (χ3v) is 8.04. The molecule has 3 aromatic heterocycles. The van der Waals surface area contributed by atoms with E-state index in [0.29, 0.717) is 36.2 Å². The van der Waals surface area contributed by atoms with Crippen LogP contribution in [0.4, 0.5) is 0 Å². The summed E-state index contributed by atoms with van der Waals surface area (Å²) in [6, 6.07) is 12.2. The predicted octanol–water partition coefficient (Wildman–Crippen LogP) is 4.24. The fourth-order valence-corrected chi connectivity index (χ4v) is 5.52. The number of hydrogen-bond acceptors (Lipinski definition) is 7. The lowest BCUT2D eigenvalue weighted by molar-refractivity contribution is -0.121. The van der Waals surface area contributed by atoms with Gasteiger partial charge in [0, 0.05) is 62.0 Å². The zero-order chi connectivity index (χ0) is 33.2. The molecule has 2 amide bonds. The average molecular weight is 629 g/mol. The molecule has 1 aromatic carbocycles. The topological polar surface area (TPSA) is 137 Å². The summed E-state index contributed by atoms with van der Waals surface area (Å²) in [4.78, 5) is 48.0. The molecule has 0 fully saturated rings. The van der Waals surface area contributed by atoms with Gasteiger partial charge in [-0.25, -0.2) is 9.67 Å². The van der Waals surface area contributed by atoms with Gasteiger partial charge in [0.15, 0.2) is 5.65 Å². The number of H-pyrrole nitrogens is 1.